The van der Waals surface area contributed by atoms with E-state index in [2.05, 4.69) is 10.3 Å². The van der Waals surface area contributed by atoms with Gasteiger partial charge in [-0.15, -0.1) is 0 Å². The standard InChI is InChI=1S/C20H16N4O2S2/c1-21-17-14(18(25)23-10-6-5-9-16(23)22-17)11-15-19(26)24(20(27)28-15)12-13-7-3-2-4-8-13/h2-11,21H,12H2,1H3/b15-11-. The van der Waals surface area contributed by atoms with Crippen molar-refractivity contribution in [1.29, 1.82) is 0 Å². The summed E-state index contributed by atoms with van der Waals surface area (Å²) < 4.78 is 1.93. The minimum absolute atomic E-state index is 0.210. The summed E-state index contributed by atoms with van der Waals surface area (Å²) in [4.78, 5) is 32.3. The molecule has 0 atom stereocenters. The number of carbonyl (C=O) groups is 1. The first-order valence-electron chi connectivity index (χ1n) is 8.57. The zero-order valence-electron chi connectivity index (χ0n) is 15.0. The average Bonchev–Trinajstić information content (AvgIpc) is 2.98. The monoisotopic (exact) mass is 408 g/mol. The Morgan fingerprint density at radius 3 is 2.64 bits per heavy atom. The molecule has 0 saturated carbocycles. The summed E-state index contributed by atoms with van der Waals surface area (Å²) in [5.74, 6) is 0.211. The van der Waals surface area contributed by atoms with Crippen molar-refractivity contribution in [3.63, 3.8) is 0 Å². The molecule has 3 heterocycles. The van der Waals surface area contributed by atoms with E-state index < -0.39 is 0 Å². The summed E-state index contributed by atoms with van der Waals surface area (Å²) in [5.41, 5.74) is 1.60. The van der Waals surface area contributed by atoms with Gasteiger partial charge in [-0.2, -0.15) is 0 Å². The van der Waals surface area contributed by atoms with E-state index in [4.69, 9.17) is 12.2 Å². The molecule has 1 amide bonds. The van der Waals surface area contributed by atoms with Crippen LogP contribution in [0.3, 0.4) is 0 Å². The summed E-state index contributed by atoms with van der Waals surface area (Å²) in [6, 6.07) is 15.0. The van der Waals surface area contributed by atoms with Crippen LogP contribution in [0.15, 0.2) is 64.4 Å². The number of amides is 1. The number of hydrogen-bond donors (Lipinski definition) is 1. The Bertz CT molecular complexity index is 1170. The molecule has 1 saturated heterocycles. The molecule has 0 radical (unpaired) electrons. The highest BCUT2D eigenvalue weighted by atomic mass is 32.2. The normalized spacial score (nSPS) is 15.6. The maximum absolute atomic E-state index is 12.9. The molecule has 0 unspecified atom stereocenters. The molecule has 1 aliphatic rings. The van der Waals surface area contributed by atoms with E-state index in [9.17, 15) is 9.59 Å². The molecular formula is C20H16N4O2S2. The molecule has 3 aromatic rings. The van der Waals surface area contributed by atoms with Crippen molar-refractivity contribution in [2.45, 2.75) is 6.54 Å². The Labute approximate surface area is 170 Å². The van der Waals surface area contributed by atoms with Crippen LogP contribution in [-0.4, -0.2) is 31.6 Å². The molecule has 2 aromatic heterocycles. The Morgan fingerprint density at radius 2 is 1.89 bits per heavy atom. The maximum Gasteiger partial charge on any atom is 0.267 e. The number of pyridine rings is 1. The summed E-state index contributed by atoms with van der Waals surface area (Å²) in [5, 5.41) is 2.94. The van der Waals surface area contributed by atoms with Gasteiger partial charge in [0.2, 0.25) is 0 Å². The average molecular weight is 409 g/mol. The smallest absolute Gasteiger partial charge is 0.267 e. The summed E-state index contributed by atoms with van der Waals surface area (Å²) in [7, 11) is 1.69. The first-order chi connectivity index (χ1) is 13.6. The van der Waals surface area contributed by atoms with Gasteiger partial charge in [0.25, 0.3) is 11.5 Å². The molecule has 1 aromatic carbocycles. The van der Waals surface area contributed by atoms with Gasteiger partial charge in [0.15, 0.2) is 0 Å². The summed E-state index contributed by atoms with van der Waals surface area (Å²) in [6.45, 7) is 0.399. The highest BCUT2D eigenvalue weighted by Crippen LogP contribution is 2.34. The molecule has 140 valence electrons. The second-order valence-electron chi connectivity index (χ2n) is 6.11. The first kappa shape index (κ1) is 18.4. The summed E-state index contributed by atoms with van der Waals surface area (Å²) in [6.07, 6.45) is 3.23. The van der Waals surface area contributed by atoms with Crippen molar-refractivity contribution >= 4 is 51.7 Å². The number of benzene rings is 1. The molecule has 0 bridgehead atoms. The van der Waals surface area contributed by atoms with Crippen LogP contribution in [0.4, 0.5) is 5.82 Å². The minimum Gasteiger partial charge on any atom is -0.372 e. The highest BCUT2D eigenvalue weighted by molar-refractivity contribution is 8.26. The van der Waals surface area contributed by atoms with E-state index in [1.54, 1.807) is 36.4 Å². The van der Waals surface area contributed by atoms with Crippen LogP contribution in [-0.2, 0) is 11.3 Å². The van der Waals surface area contributed by atoms with Gasteiger partial charge in [0.1, 0.15) is 15.8 Å². The number of fused-ring (bicyclic) bond motifs is 1. The first-order valence-corrected chi connectivity index (χ1v) is 9.79. The van der Waals surface area contributed by atoms with E-state index in [1.807, 2.05) is 36.4 Å². The highest BCUT2D eigenvalue weighted by Gasteiger charge is 2.32. The van der Waals surface area contributed by atoms with E-state index in [-0.39, 0.29) is 11.5 Å². The van der Waals surface area contributed by atoms with Crippen LogP contribution >= 0.6 is 24.0 Å². The van der Waals surface area contributed by atoms with Gasteiger partial charge in [0.05, 0.1) is 17.0 Å². The van der Waals surface area contributed by atoms with Crippen molar-refractivity contribution in [3.8, 4) is 0 Å². The van der Waals surface area contributed by atoms with Crippen molar-refractivity contribution in [2.24, 2.45) is 0 Å². The molecule has 28 heavy (non-hydrogen) atoms. The van der Waals surface area contributed by atoms with Crippen molar-refractivity contribution in [2.75, 3.05) is 12.4 Å². The number of thiocarbonyl (C=S) groups is 1. The Balaban J connectivity index is 1.73. The molecule has 8 heteroatoms. The number of thioether (sulfide) groups is 1. The molecule has 4 rings (SSSR count). The number of anilines is 1. The van der Waals surface area contributed by atoms with Crippen LogP contribution in [0.2, 0.25) is 0 Å². The number of hydrogen-bond acceptors (Lipinski definition) is 6. The number of nitrogens with one attached hydrogen (secondary N) is 1. The van der Waals surface area contributed by atoms with E-state index in [1.165, 1.54) is 16.2 Å². The predicted octanol–water partition coefficient (Wildman–Crippen LogP) is 3.14. The number of rotatable bonds is 4. The van der Waals surface area contributed by atoms with Crippen molar-refractivity contribution < 1.29 is 4.79 Å². The van der Waals surface area contributed by atoms with Gasteiger partial charge in [0, 0.05) is 13.2 Å². The van der Waals surface area contributed by atoms with Crippen molar-refractivity contribution in [3.05, 3.63) is 81.1 Å². The third-order valence-electron chi connectivity index (χ3n) is 4.34. The molecule has 1 fully saturated rings. The predicted molar refractivity (Wildman–Crippen MR) is 116 cm³/mol. The Morgan fingerprint density at radius 1 is 1.14 bits per heavy atom. The number of nitrogens with zero attached hydrogens (tertiary/aromatic N) is 3. The SMILES string of the molecule is CNc1nc2ccccn2c(=O)c1/C=C1\SC(=S)N(Cc2ccccc2)C1=O. The van der Waals surface area contributed by atoms with Crippen LogP contribution in [0.25, 0.3) is 11.7 Å². The van der Waals surface area contributed by atoms with Crippen LogP contribution < -0.4 is 10.9 Å². The van der Waals surface area contributed by atoms with Crippen LogP contribution in [0, 0.1) is 0 Å². The van der Waals surface area contributed by atoms with E-state index in [0.29, 0.717) is 32.8 Å². The zero-order chi connectivity index (χ0) is 19.7. The Hall–Kier alpha value is -2.97. The lowest BCUT2D eigenvalue weighted by Gasteiger charge is -2.14. The zero-order valence-corrected chi connectivity index (χ0v) is 16.6. The fourth-order valence-electron chi connectivity index (χ4n) is 2.96. The van der Waals surface area contributed by atoms with Gasteiger partial charge in [-0.1, -0.05) is 60.4 Å². The molecule has 0 aliphatic carbocycles. The van der Waals surface area contributed by atoms with E-state index >= 15 is 0 Å². The van der Waals surface area contributed by atoms with Crippen molar-refractivity contribution in [1.82, 2.24) is 14.3 Å². The number of carbonyl (C=O) groups excluding carboxylic acids is 1. The summed E-state index contributed by atoms with van der Waals surface area (Å²) >= 11 is 6.59. The second kappa shape index (κ2) is 7.57. The van der Waals surface area contributed by atoms with Crippen LogP contribution in [0.1, 0.15) is 11.1 Å². The quantitative estimate of drug-likeness (QED) is 0.529. The third kappa shape index (κ3) is 3.32. The lowest BCUT2D eigenvalue weighted by atomic mass is 10.2. The topological polar surface area (TPSA) is 66.7 Å². The molecular weight excluding hydrogens is 392 g/mol. The van der Waals surface area contributed by atoms with Gasteiger partial charge in [-0.05, 0) is 23.8 Å². The minimum atomic E-state index is -0.247. The van der Waals surface area contributed by atoms with E-state index in [0.717, 1.165) is 5.56 Å². The molecule has 0 spiro atoms. The lowest BCUT2D eigenvalue weighted by molar-refractivity contribution is -0.122. The lowest BCUT2D eigenvalue weighted by Crippen LogP contribution is -2.27. The maximum atomic E-state index is 12.9. The fourth-order valence-corrected chi connectivity index (χ4v) is 4.19. The van der Waals surface area contributed by atoms with Gasteiger partial charge >= 0.3 is 0 Å². The third-order valence-corrected chi connectivity index (χ3v) is 5.72. The van der Waals surface area contributed by atoms with Gasteiger partial charge < -0.3 is 5.32 Å². The Kier molecular flexibility index (Phi) is 4.97. The fraction of sp³-hybridized carbons (Fsp3) is 0.100. The van der Waals surface area contributed by atoms with Gasteiger partial charge in [-0.3, -0.25) is 18.9 Å². The molecule has 6 nitrogen and oxygen atoms in total. The largest absolute Gasteiger partial charge is 0.372 e. The number of aromatic nitrogens is 2. The van der Waals surface area contributed by atoms with Gasteiger partial charge in [-0.25, -0.2) is 4.98 Å². The van der Waals surface area contributed by atoms with Crippen LogP contribution in [0.5, 0.6) is 0 Å². The second-order valence-corrected chi connectivity index (χ2v) is 7.79. The molecule has 1 aliphatic heterocycles. The molecule has 1 N–H and O–H groups in total.